The number of halogens is 2. The van der Waals surface area contributed by atoms with Gasteiger partial charge < -0.3 is 14.6 Å². The number of nitrogens with one attached hydrogen (secondary N) is 1. The average Bonchev–Trinajstić information content (AvgIpc) is 3.50. The number of phenolic OH excluding ortho intramolecular Hbond substituents is 1. The molecule has 2 N–H and O–H groups in total. The summed E-state index contributed by atoms with van der Waals surface area (Å²) in [7, 11) is 3.01. The Morgan fingerprint density at radius 2 is 1.63 bits per heavy atom. The first-order chi connectivity index (χ1) is 24.7. The molecule has 2 aliphatic heterocycles. The number of ether oxygens (including phenoxy) is 2. The fourth-order valence-corrected chi connectivity index (χ4v) is 9.21. The van der Waals surface area contributed by atoms with Gasteiger partial charge in [0, 0.05) is 16.5 Å². The number of amides is 4. The van der Waals surface area contributed by atoms with E-state index in [0.717, 1.165) is 10.6 Å². The monoisotopic (exact) mass is 743 g/mol. The van der Waals surface area contributed by atoms with Crippen molar-refractivity contribution < 1.29 is 33.8 Å². The Bertz CT molecular complexity index is 2060. The van der Waals surface area contributed by atoms with Crippen LogP contribution < -0.4 is 14.9 Å². The van der Waals surface area contributed by atoms with Crippen molar-refractivity contribution >= 4 is 58.6 Å². The second-order valence-corrected chi connectivity index (χ2v) is 15.6. The van der Waals surface area contributed by atoms with Gasteiger partial charge in [0.25, 0.3) is 11.8 Å². The SMILES string of the molecule is COc1ccc([C@@]23C(=O)N(Nc4ccc(Cl)cc4Cl)C(=O)[C@@H]2C[C@@H]2C(=CC[C@@H]4C(=O)N(C(C)(C)C)C(=O)[C@@H]42)[C@@H]3C=Cc2ccc(O)c(OC)c2)cc1. The predicted octanol–water partition coefficient (Wildman–Crippen LogP) is 7.05. The number of allylic oxidation sites excluding steroid dienone is 3. The lowest BCUT2D eigenvalue weighted by atomic mass is 9.50. The van der Waals surface area contributed by atoms with Crippen LogP contribution in [0.15, 0.2) is 78.4 Å². The van der Waals surface area contributed by atoms with E-state index in [2.05, 4.69) is 5.43 Å². The molecule has 12 heteroatoms. The summed E-state index contributed by atoms with van der Waals surface area (Å²) >= 11 is 12.7. The summed E-state index contributed by atoms with van der Waals surface area (Å²) in [6, 6.07) is 16.8. The van der Waals surface area contributed by atoms with Crippen molar-refractivity contribution in [1.82, 2.24) is 9.91 Å². The predicted molar refractivity (Wildman–Crippen MR) is 197 cm³/mol. The molecule has 4 amide bonds. The number of benzene rings is 3. The number of hydrogen-bond acceptors (Lipinski definition) is 8. The van der Waals surface area contributed by atoms with Crippen molar-refractivity contribution in [2.75, 3.05) is 19.6 Å². The Morgan fingerprint density at radius 3 is 2.29 bits per heavy atom. The van der Waals surface area contributed by atoms with Crippen LogP contribution in [0, 0.1) is 29.6 Å². The lowest BCUT2D eigenvalue weighted by Crippen LogP contribution is -2.54. The van der Waals surface area contributed by atoms with E-state index in [1.807, 2.05) is 39.0 Å². The van der Waals surface area contributed by atoms with E-state index < -0.39 is 52.4 Å². The molecule has 2 saturated heterocycles. The number of rotatable bonds is 7. The molecule has 0 unspecified atom stereocenters. The van der Waals surface area contributed by atoms with Crippen LogP contribution in [0.25, 0.3) is 6.08 Å². The molecule has 270 valence electrons. The third kappa shape index (κ3) is 5.46. The van der Waals surface area contributed by atoms with E-state index in [4.69, 9.17) is 32.7 Å². The lowest BCUT2D eigenvalue weighted by Gasteiger charge is -2.49. The second kappa shape index (κ2) is 13.0. The van der Waals surface area contributed by atoms with Crippen LogP contribution in [0.3, 0.4) is 0 Å². The number of nitrogens with zero attached hydrogens (tertiary/aromatic N) is 2. The molecule has 1 saturated carbocycles. The average molecular weight is 745 g/mol. The molecule has 3 aromatic rings. The maximum Gasteiger partial charge on any atom is 0.260 e. The van der Waals surface area contributed by atoms with Gasteiger partial charge in [-0.3, -0.25) is 29.5 Å². The van der Waals surface area contributed by atoms with Crippen molar-refractivity contribution in [3.8, 4) is 17.2 Å². The molecule has 7 rings (SSSR count). The van der Waals surface area contributed by atoms with Gasteiger partial charge in [-0.05, 0) is 93.1 Å². The van der Waals surface area contributed by atoms with Crippen LogP contribution in [0.5, 0.6) is 17.2 Å². The summed E-state index contributed by atoms with van der Waals surface area (Å²) < 4.78 is 10.8. The van der Waals surface area contributed by atoms with Gasteiger partial charge in [0.2, 0.25) is 11.8 Å². The van der Waals surface area contributed by atoms with Gasteiger partial charge in [-0.1, -0.05) is 65.2 Å². The van der Waals surface area contributed by atoms with Gasteiger partial charge in [0.15, 0.2) is 11.5 Å². The zero-order valence-corrected chi connectivity index (χ0v) is 30.9. The van der Waals surface area contributed by atoms with Crippen molar-refractivity contribution in [3.05, 3.63) is 99.6 Å². The molecule has 10 nitrogen and oxygen atoms in total. The van der Waals surface area contributed by atoms with Crippen molar-refractivity contribution in [2.24, 2.45) is 29.6 Å². The molecule has 2 heterocycles. The lowest BCUT2D eigenvalue weighted by molar-refractivity contribution is -0.146. The minimum Gasteiger partial charge on any atom is -0.504 e. The molecule has 3 aromatic carbocycles. The van der Waals surface area contributed by atoms with Crippen LogP contribution in [-0.4, -0.2) is 58.4 Å². The smallest absolute Gasteiger partial charge is 0.260 e. The fourth-order valence-electron chi connectivity index (χ4n) is 8.76. The van der Waals surface area contributed by atoms with Gasteiger partial charge in [-0.25, -0.2) is 0 Å². The molecular formula is C40H39Cl2N3O7. The zero-order chi connectivity index (χ0) is 37.3. The summed E-state index contributed by atoms with van der Waals surface area (Å²) in [5.74, 6) is -4.09. The highest BCUT2D eigenvalue weighted by Crippen LogP contribution is 2.62. The van der Waals surface area contributed by atoms with E-state index in [-0.39, 0.29) is 34.8 Å². The fraction of sp³-hybridized carbons (Fsp3) is 0.350. The highest BCUT2D eigenvalue weighted by Gasteiger charge is 2.70. The van der Waals surface area contributed by atoms with Gasteiger partial charge in [-0.15, -0.1) is 0 Å². The van der Waals surface area contributed by atoms with Crippen LogP contribution >= 0.6 is 23.2 Å². The van der Waals surface area contributed by atoms with Crippen molar-refractivity contribution in [1.29, 1.82) is 0 Å². The number of hydrazine groups is 1. The molecule has 0 radical (unpaired) electrons. The van der Waals surface area contributed by atoms with Gasteiger partial charge in [0.05, 0.1) is 48.1 Å². The van der Waals surface area contributed by atoms with Gasteiger partial charge in [0.1, 0.15) is 5.75 Å². The Kier molecular flexibility index (Phi) is 8.90. The first kappa shape index (κ1) is 35.6. The molecule has 52 heavy (non-hydrogen) atoms. The molecule has 0 spiro atoms. The van der Waals surface area contributed by atoms with Crippen molar-refractivity contribution in [3.63, 3.8) is 0 Å². The van der Waals surface area contributed by atoms with Crippen LogP contribution in [-0.2, 0) is 24.6 Å². The molecule has 0 bridgehead atoms. The van der Waals surface area contributed by atoms with E-state index in [1.165, 1.54) is 24.1 Å². The minimum atomic E-state index is -1.47. The second-order valence-electron chi connectivity index (χ2n) is 14.7. The standard InChI is InChI=1S/C40H39Cl2N3O7/c1-39(2,3)44-35(47)26-14-13-25-27(34(26)37(44)49)20-29-36(48)45(43-31-16-10-23(41)19-30(31)42)38(50)40(29,22-8-11-24(51-4)12-9-22)28(25)15-6-21-7-17-32(46)33(18-21)52-5/h6-13,15-19,26-29,34,43,46H,14,20H2,1-5H3/t26-,27+,28-,29-,34-,40-/m0/s1. The van der Waals surface area contributed by atoms with E-state index >= 15 is 4.79 Å². The maximum atomic E-state index is 15.3. The first-order valence-corrected chi connectivity index (χ1v) is 17.9. The molecular weight excluding hydrogens is 705 g/mol. The van der Waals surface area contributed by atoms with E-state index in [0.29, 0.717) is 34.0 Å². The molecule has 6 atom stereocenters. The largest absolute Gasteiger partial charge is 0.504 e. The quantitative estimate of drug-likeness (QED) is 0.195. The normalized spacial score (nSPS) is 27.1. The summed E-state index contributed by atoms with van der Waals surface area (Å²) in [5, 5.41) is 11.9. The minimum absolute atomic E-state index is 0.0277. The number of aromatic hydroxyl groups is 1. The third-order valence-corrected chi connectivity index (χ3v) is 11.5. The highest BCUT2D eigenvalue weighted by atomic mass is 35.5. The molecule has 2 aliphatic carbocycles. The number of carbonyl (C=O) groups is 4. The van der Waals surface area contributed by atoms with Gasteiger partial charge >= 0.3 is 0 Å². The summed E-state index contributed by atoms with van der Waals surface area (Å²) in [6.45, 7) is 5.52. The molecule has 0 aromatic heterocycles. The first-order valence-electron chi connectivity index (χ1n) is 17.1. The van der Waals surface area contributed by atoms with Crippen LogP contribution in [0.2, 0.25) is 10.0 Å². The number of phenols is 1. The Hall–Kier alpha value is -4.80. The Balaban J connectivity index is 1.44. The van der Waals surface area contributed by atoms with E-state index in [9.17, 15) is 19.5 Å². The van der Waals surface area contributed by atoms with Gasteiger partial charge in [-0.2, -0.15) is 5.01 Å². The highest BCUT2D eigenvalue weighted by molar-refractivity contribution is 6.36. The summed E-state index contributed by atoms with van der Waals surface area (Å²) in [6.07, 6.45) is 6.20. The number of fused-ring (bicyclic) bond motifs is 4. The number of carbonyl (C=O) groups excluding carboxylic acids is 4. The molecule has 3 fully saturated rings. The number of methoxy groups -OCH3 is 2. The molecule has 4 aliphatic rings. The maximum absolute atomic E-state index is 15.3. The zero-order valence-electron chi connectivity index (χ0n) is 29.4. The number of imide groups is 2. The topological polar surface area (TPSA) is 125 Å². The van der Waals surface area contributed by atoms with Crippen LogP contribution in [0.1, 0.15) is 44.7 Å². The Labute approximate surface area is 311 Å². The number of likely N-dealkylation sites (tertiary alicyclic amines) is 1. The third-order valence-electron chi connectivity index (χ3n) is 11.0. The number of hydrogen-bond donors (Lipinski definition) is 2. The van der Waals surface area contributed by atoms with Crippen LogP contribution in [0.4, 0.5) is 5.69 Å². The number of anilines is 1. The summed E-state index contributed by atoms with van der Waals surface area (Å²) in [5.41, 5.74) is 3.19. The van der Waals surface area contributed by atoms with E-state index in [1.54, 1.807) is 55.6 Å². The Morgan fingerprint density at radius 1 is 0.904 bits per heavy atom. The van der Waals surface area contributed by atoms with Crippen molar-refractivity contribution in [2.45, 2.75) is 44.6 Å². The summed E-state index contributed by atoms with van der Waals surface area (Å²) in [4.78, 5) is 59.5.